The molecule has 1 fully saturated rings. The van der Waals surface area contributed by atoms with Gasteiger partial charge in [0.25, 0.3) is 5.56 Å². The second-order valence-corrected chi connectivity index (χ2v) is 4.17. The largest absolute Gasteiger partial charge is 0.512 e. The summed E-state index contributed by atoms with van der Waals surface area (Å²) in [5.41, 5.74) is -0.831. The maximum atomic E-state index is 13.9. The van der Waals surface area contributed by atoms with Crippen LogP contribution in [-0.2, 0) is 4.74 Å². The molecule has 1 aliphatic rings. The van der Waals surface area contributed by atoms with Gasteiger partial charge in [-0.25, -0.2) is 9.18 Å². The molecule has 1 aromatic rings. The molecule has 7 heteroatoms. The van der Waals surface area contributed by atoms with E-state index in [0.717, 1.165) is 4.57 Å². The van der Waals surface area contributed by atoms with Crippen molar-refractivity contribution in [2.24, 2.45) is 0 Å². The summed E-state index contributed by atoms with van der Waals surface area (Å²) in [5, 5.41) is 8.73. The number of aliphatic hydroxyl groups excluding tert-OH is 1. The Morgan fingerprint density at radius 1 is 1.61 bits per heavy atom. The Morgan fingerprint density at radius 3 is 2.94 bits per heavy atom. The number of halogens is 1. The molecule has 1 aliphatic heterocycles. The van der Waals surface area contributed by atoms with Gasteiger partial charge in [0.05, 0.1) is 0 Å². The van der Waals surface area contributed by atoms with Gasteiger partial charge in [0.15, 0.2) is 0 Å². The van der Waals surface area contributed by atoms with Crippen LogP contribution in [0.25, 0.3) is 0 Å². The van der Waals surface area contributed by atoms with Gasteiger partial charge in [0, 0.05) is 18.2 Å². The molecule has 1 unspecified atom stereocenters. The van der Waals surface area contributed by atoms with E-state index in [2.05, 4.69) is 4.98 Å². The van der Waals surface area contributed by atoms with Crippen molar-refractivity contribution in [3.05, 3.63) is 44.6 Å². The van der Waals surface area contributed by atoms with Crippen LogP contribution >= 0.6 is 0 Å². The molecule has 0 aliphatic carbocycles. The van der Waals surface area contributed by atoms with Crippen LogP contribution in [0.15, 0.2) is 27.8 Å². The molecule has 6 nitrogen and oxygen atoms in total. The molecular weight excluding hydrogens is 243 g/mol. The summed E-state index contributed by atoms with van der Waals surface area (Å²) in [6, 6.07) is -0.809. The molecule has 2 rings (SSSR count). The SMILES string of the molecule is Cc1cn(C2CO/C(=C/O)C[C@@H]2F)c(=O)[nH]c1=O. The Labute approximate surface area is 101 Å². The van der Waals surface area contributed by atoms with E-state index in [9.17, 15) is 14.0 Å². The molecule has 2 N–H and O–H groups in total. The molecule has 0 amide bonds. The third kappa shape index (κ3) is 2.15. The summed E-state index contributed by atoms with van der Waals surface area (Å²) in [5.74, 6) is 0.146. The Hall–Kier alpha value is -2.05. The van der Waals surface area contributed by atoms with Gasteiger partial charge in [-0.15, -0.1) is 0 Å². The number of alkyl halides is 1. The Bertz CT molecular complexity index is 589. The maximum Gasteiger partial charge on any atom is 0.328 e. The summed E-state index contributed by atoms with van der Waals surface area (Å²) in [6.07, 6.45) is 0.561. The lowest BCUT2D eigenvalue weighted by molar-refractivity contribution is 0.0488. The van der Waals surface area contributed by atoms with Gasteiger partial charge in [-0.05, 0) is 6.92 Å². The first kappa shape index (κ1) is 12.4. The predicted octanol–water partition coefficient (Wildman–Crippen LogP) is 0.544. The highest BCUT2D eigenvalue weighted by molar-refractivity contribution is 5.04. The number of hydrogen-bond donors (Lipinski definition) is 2. The first-order valence-electron chi connectivity index (χ1n) is 5.45. The van der Waals surface area contributed by atoms with Crippen LogP contribution in [0.2, 0.25) is 0 Å². The molecule has 1 saturated heterocycles. The van der Waals surface area contributed by atoms with Crippen molar-refractivity contribution >= 4 is 0 Å². The van der Waals surface area contributed by atoms with Gasteiger partial charge in [0.2, 0.25) is 0 Å². The first-order chi connectivity index (χ1) is 8.52. The van der Waals surface area contributed by atoms with E-state index >= 15 is 0 Å². The Kier molecular flexibility index (Phi) is 3.22. The number of hydrogen-bond acceptors (Lipinski definition) is 4. The molecule has 0 spiro atoms. The Balaban J connectivity index is 2.36. The molecule has 0 saturated carbocycles. The third-order valence-corrected chi connectivity index (χ3v) is 2.90. The van der Waals surface area contributed by atoms with Crippen molar-refractivity contribution < 1.29 is 14.2 Å². The number of nitrogens with zero attached hydrogens (tertiary/aromatic N) is 1. The number of ether oxygens (including phenoxy) is 1. The summed E-state index contributed by atoms with van der Waals surface area (Å²) < 4.78 is 20.1. The van der Waals surface area contributed by atoms with Crippen LogP contribution in [-0.4, -0.2) is 27.4 Å². The van der Waals surface area contributed by atoms with Crippen molar-refractivity contribution in [1.82, 2.24) is 9.55 Å². The van der Waals surface area contributed by atoms with E-state index < -0.39 is 23.5 Å². The van der Waals surface area contributed by atoms with E-state index in [4.69, 9.17) is 9.84 Å². The van der Waals surface area contributed by atoms with E-state index in [1.54, 1.807) is 0 Å². The lowest BCUT2D eigenvalue weighted by Gasteiger charge is -2.29. The molecule has 2 atom stereocenters. The fourth-order valence-corrected chi connectivity index (χ4v) is 1.86. The number of aromatic amines is 1. The third-order valence-electron chi connectivity index (χ3n) is 2.90. The average molecular weight is 256 g/mol. The number of nitrogens with one attached hydrogen (secondary N) is 1. The molecule has 0 aromatic carbocycles. The normalized spacial score (nSPS) is 26.0. The van der Waals surface area contributed by atoms with Gasteiger partial charge < -0.3 is 9.84 Å². The van der Waals surface area contributed by atoms with Crippen molar-refractivity contribution in [1.29, 1.82) is 0 Å². The quantitative estimate of drug-likeness (QED) is 0.718. The highest BCUT2D eigenvalue weighted by Crippen LogP contribution is 2.27. The van der Waals surface area contributed by atoms with Crippen molar-refractivity contribution in [3.8, 4) is 0 Å². The lowest BCUT2D eigenvalue weighted by Crippen LogP contribution is -2.40. The van der Waals surface area contributed by atoms with Crippen LogP contribution in [0.1, 0.15) is 18.0 Å². The van der Waals surface area contributed by atoms with Gasteiger partial charge in [-0.1, -0.05) is 0 Å². The van der Waals surface area contributed by atoms with Crippen LogP contribution in [0.4, 0.5) is 4.39 Å². The highest BCUT2D eigenvalue weighted by atomic mass is 19.1. The zero-order valence-corrected chi connectivity index (χ0v) is 9.72. The smallest absolute Gasteiger partial charge is 0.328 e. The van der Waals surface area contributed by atoms with Crippen molar-refractivity contribution in [2.75, 3.05) is 6.61 Å². The first-order valence-corrected chi connectivity index (χ1v) is 5.45. The van der Waals surface area contributed by atoms with E-state index in [1.165, 1.54) is 13.1 Å². The van der Waals surface area contributed by atoms with Crippen molar-refractivity contribution in [2.45, 2.75) is 25.6 Å². The average Bonchev–Trinajstić information content (AvgIpc) is 2.34. The van der Waals surface area contributed by atoms with Crippen LogP contribution < -0.4 is 11.2 Å². The fraction of sp³-hybridized carbons (Fsp3) is 0.455. The van der Waals surface area contributed by atoms with E-state index in [0.29, 0.717) is 11.8 Å². The molecule has 18 heavy (non-hydrogen) atoms. The van der Waals surface area contributed by atoms with Gasteiger partial charge >= 0.3 is 5.69 Å². The zero-order valence-electron chi connectivity index (χ0n) is 9.72. The number of H-pyrrole nitrogens is 1. The Morgan fingerprint density at radius 2 is 2.33 bits per heavy atom. The monoisotopic (exact) mass is 256 g/mol. The molecule has 0 bridgehead atoms. The van der Waals surface area contributed by atoms with Gasteiger partial charge in [-0.3, -0.25) is 14.3 Å². The van der Waals surface area contributed by atoms with Gasteiger partial charge in [0.1, 0.15) is 30.8 Å². The topological polar surface area (TPSA) is 84.3 Å². The predicted molar refractivity (Wildman–Crippen MR) is 61.3 cm³/mol. The minimum absolute atomic E-state index is 0.0705. The summed E-state index contributed by atoms with van der Waals surface area (Å²) in [4.78, 5) is 24.9. The van der Waals surface area contributed by atoms with E-state index in [1.807, 2.05) is 0 Å². The second-order valence-electron chi connectivity index (χ2n) is 4.17. The standard InChI is InChI=1S/C11H13FN2O4/c1-6-3-14(11(17)13-10(6)16)9-5-18-7(4-15)2-8(9)12/h3-4,8-9,15H,2,5H2,1H3,(H,13,16,17)/b7-4+/t8-,9?/m0/s1. The summed E-state index contributed by atoms with van der Waals surface area (Å²) >= 11 is 0. The van der Waals surface area contributed by atoms with Crippen molar-refractivity contribution in [3.63, 3.8) is 0 Å². The fourth-order valence-electron chi connectivity index (χ4n) is 1.86. The minimum Gasteiger partial charge on any atom is -0.512 e. The summed E-state index contributed by atoms with van der Waals surface area (Å²) in [7, 11) is 0. The van der Waals surface area contributed by atoms with Crippen LogP contribution in [0.3, 0.4) is 0 Å². The number of allylic oxidation sites excluding steroid dienone is 1. The molecule has 98 valence electrons. The zero-order chi connectivity index (χ0) is 13.3. The van der Waals surface area contributed by atoms with Crippen LogP contribution in [0, 0.1) is 6.92 Å². The highest BCUT2D eigenvalue weighted by Gasteiger charge is 2.31. The molecule has 2 heterocycles. The maximum absolute atomic E-state index is 13.9. The number of aryl methyl sites for hydroxylation is 1. The number of aromatic nitrogens is 2. The lowest BCUT2D eigenvalue weighted by atomic mass is 10.1. The molecule has 0 radical (unpaired) electrons. The van der Waals surface area contributed by atoms with E-state index in [-0.39, 0.29) is 18.8 Å². The molecular formula is C11H13FN2O4. The number of aliphatic hydroxyl groups is 1. The number of rotatable bonds is 1. The van der Waals surface area contributed by atoms with Crippen LogP contribution in [0.5, 0.6) is 0 Å². The molecule has 1 aromatic heterocycles. The van der Waals surface area contributed by atoms with Gasteiger partial charge in [-0.2, -0.15) is 0 Å². The second kappa shape index (κ2) is 4.67. The summed E-state index contributed by atoms with van der Waals surface area (Å²) in [6.45, 7) is 1.46. The minimum atomic E-state index is -1.36.